The van der Waals surface area contributed by atoms with Crippen LogP contribution in [0.25, 0.3) is 0 Å². The van der Waals surface area contributed by atoms with Crippen LogP contribution in [-0.2, 0) is 4.79 Å². The standard InChI is InChI=1S/C8H16.C2H5NO2/c1-7-3-5-8(2)6-4-7;3-1-2(4)5/h7-8H,3-6H2,1-2H3;1,3H2,(H,4,5). The van der Waals surface area contributed by atoms with Gasteiger partial charge in [-0.25, -0.2) is 0 Å². The van der Waals surface area contributed by atoms with Crippen molar-refractivity contribution in [1.82, 2.24) is 0 Å². The van der Waals surface area contributed by atoms with Crippen LogP contribution in [-0.4, -0.2) is 17.6 Å². The van der Waals surface area contributed by atoms with E-state index in [4.69, 9.17) is 5.11 Å². The van der Waals surface area contributed by atoms with Gasteiger partial charge in [0.2, 0.25) is 0 Å². The summed E-state index contributed by atoms with van der Waals surface area (Å²) in [5.41, 5.74) is 4.57. The zero-order chi connectivity index (χ0) is 10.3. The maximum atomic E-state index is 9.24. The van der Waals surface area contributed by atoms with Crippen molar-refractivity contribution in [3.05, 3.63) is 0 Å². The van der Waals surface area contributed by atoms with E-state index in [-0.39, 0.29) is 6.54 Å². The topological polar surface area (TPSA) is 63.3 Å². The molecule has 1 rings (SSSR count). The lowest BCUT2D eigenvalue weighted by atomic mass is 9.84. The molecule has 0 amide bonds. The number of carboxylic acid groups (broad SMARTS) is 1. The smallest absolute Gasteiger partial charge is 0.317 e. The fourth-order valence-corrected chi connectivity index (χ4v) is 1.43. The summed E-state index contributed by atoms with van der Waals surface area (Å²) in [5.74, 6) is 1.07. The summed E-state index contributed by atoms with van der Waals surface area (Å²) in [7, 11) is 0. The van der Waals surface area contributed by atoms with Crippen LogP contribution in [0.15, 0.2) is 0 Å². The number of hydrogen-bond acceptors (Lipinski definition) is 2. The normalized spacial score (nSPS) is 27.3. The van der Waals surface area contributed by atoms with Gasteiger partial charge in [-0.1, -0.05) is 39.5 Å². The van der Waals surface area contributed by atoms with Gasteiger partial charge in [-0.3, -0.25) is 4.79 Å². The molecule has 1 fully saturated rings. The molecule has 0 bridgehead atoms. The van der Waals surface area contributed by atoms with Crippen LogP contribution in [0, 0.1) is 11.8 Å². The SMILES string of the molecule is CC1CCC(C)CC1.NCC(=O)O. The number of hydrogen-bond donors (Lipinski definition) is 2. The molecule has 0 aliphatic heterocycles. The van der Waals surface area contributed by atoms with Crippen LogP contribution < -0.4 is 5.73 Å². The quantitative estimate of drug-likeness (QED) is 0.658. The lowest BCUT2D eigenvalue weighted by Gasteiger charge is -2.22. The van der Waals surface area contributed by atoms with E-state index < -0.39 is 5.97 Å². The molecule has 1 aliphatic rings. The highest BCUT2D eigenvalue weighted by Gasteiger charge is 2.13. The highest BCUT2D eigenvalue weighted by Crippen LogP contribution is 2.27. The Hall–Kier alpha value is -0.570. The Morgan fingerprint density at radius 3 is 1.62 bits per heavy atom. The third-order valence-electron chi connectivity index (χ3n) is 2.48. The molecular formula is C10H21NO2. The lowest BCUT2D eigenvalue weighted by Crippen LogP contribution is -2.10. The molecule has 1 aliphatic carbocycles. The monoisotopic (exact) mass is 187 g/mol. The lowest BCUT2D eigenvalue weighted by molar-refractivity contribution is -0.135. The first-order valence-electron chi connectivity index (χ1n) is 4.98. The summed E-state index contributed by atoms with van der Waals surface area (Å²) in [5, 5.41) is 7.60. The first kappa shape index (κ1) is 12.4. The van der Waals surface area contributed by atoms with Gasteiger partial charge in [0.15, 0.2) is 0 Å². The highest BCUT2D eigenvalue weighted by atomic mass is 16.4. The molecule has 0 radical (unpaired) electrons. The van der Waals surface area contributed by atoms with Crippen LogP contribution in [0.1, 0.15) is 39.5 Å². The maximum absolute atomic E-state index is 9.24. The summed E-state index contributed by atoms with van der Waals surface area (Å²) < 4.78 is 0. The average molecular weight is 187 g/mol. The van der Waals surface area contributed by atoms with E-state index >= 15 is 0 Å². The van der Waals surface area contributed by atoms with Crippen molar-refractivity contribution < 1.29 is 9.90 Å². The van der Waals surface area contributed by atoms with Crippen molar-refractivity contribution in [1.29, 1.82) is 0 Å². The van der Waals surface area contributed by atoms with E-state index in [1.54, 1.807) is 0 Å². The Bertz CT molecular complexity index is 130. The molecule has 0 atom stereocenters. The van der Waals surface area contributed by atoms with E-state index in [0.29, 0.717) is 0 Å². The van der Waals surface area contributed by atoms with Crippen LogP contribution in [0.4, 0.5) is 0 Å². The summed E-state index contributed by atoms with van der Waals surface area (Å²) in [4.78, 5) is 9.24. The number of rotatable bonds is 1. The Balaban J connectivity index is 0.000000252. The molecule has 0 heterocycles. The van der Waals surface area contributed by atoms with Crippen molar-refractivity contribution in [2.75, 3.05) is 6.54 Å². The minimum absolute atomic E-state index is 0.278. The average Bonchev–Trinajstić information content (AvgIpc) is 2.11. The summed E-state index contributed by atoms with van der Waals surface area (Å²) >= 11 is 0. The molecule has 0 aromatic carbocycles. The fourth-order valence-electron chi connectivity index (χ4n) is 1.43. The van der Waals surface area contributed by atoms with Crippen molar-refractivity contribution in [2.45, 2.75) is 39.5 Å². The largest absolute Gasteiger partial charge is 0.480 e. The van der Waals surface area contributed by atoms with Gasteiger partial charge in [0.05, 0.1) is 6.54 Å². The number of aliphatic carboxylic acids is 1. The van der Waals surface area contributed by atoms with Crippen molar-refractivity contribution >= 4 is 5.97 Å². The Kier molecular flexibility index (Phi) is 6.59. The molecule has 1 saturated carbocycles. The minimum Gasteiger partial charge on any atom is -0.480 e. The van der Waals surface area contributed by atoms with Gasteiger partial charge in [0, 0.05) is 0 Å². The second-order valence-corrected chi connectivity index (χ2v) is 3.96. The van der Waals surface area contributed by atoms with Gasteiger partial charge in [-0.05, 0) is 11.8 Å². The molecule has 0 spiro atoms. The molecule has 0 aromatic heterocycles. The first-order chi connectivity index (χ1) is 6.06. The summed E-state index contributed by atoms with van der Waals surface area (Å²) in [6, 6.07) is 0. The fraction of sp³-hybridized carbons (Fsp3) is 0.900. The van der Waals surface area contributed by atoms with Gasteiger partial charge in [-0.2, -0.15) is 0 Å². The summed E-state index contributed by atoms with van der Waals surface area (Å²) in [6.45, 7) is 4.46. The molecular weight excluding hydrogens is 166 g/mol. The third-order valence-corrected chi connectivity index (χ3v) is 2.48. The molecule has 78 valence electrons. The molecule has 0 unspecified atom stereocenters. The second kappa shape index (κ2) is 6.89. The van der Waals surface area contributed by atoms with Crippen molar-refractivity contribution in [2.24, 2.45) is 17.6 Å². The zero-order valence-corrected chi connectivity index (χ0v) is 8.62. The molecule has 3 heteroatoms. The highest BCUT2D eigenvalue weighted by molar-refractivity contribution is 5.68. The molecule has 0 saturated heterocycles. The van der Waals surface area contributed by atoms with Gasteiger partial charge < -0.3 is 10.8 Å². The van der Waals surface area contributed by atoms with E-state index in [9.17, 15) is 4.79 Å². The van der Waals surface area contributed by atoms with Gasteiger partial charge >= 0.3 is 5.97 Å². The number of carboxylic acids is 1. The van der Waals surface area contributed by atoms with Crippen LogP contribution in [0.3, 0.4) is 0 Å². The maximum Gasteiger partial charge on any atom is 0.317 e. The van der Waals surface area contributed by atoms with Crippen LogP contribution in [0.2, 0.25) is 0 Å². The van der Waals surface area contributed by atoms with Gasteiger partial charge in [-0.15, -0.1) is 0 Å². The van der Waals surface area contributed by atoms with Crippen LogP contribution >= 0.6 is 0 Å². The third kappa shape index (κ3) is 7.78. The van der Waals surface area contributed by atoms with Crippen molar-refractivity contribution in [3.8, 4) is 0 Å². The molecule has 3 nitrogen and oxygen atoms in total. The van der Waals surface area contributed by atoms with E-state index in [2.05, 4.69) is 19.6 Å². The Morgan fingerprint density at radius 1 is 1.23 bits per heavy atom. The minimum atomic E-state index is -0.968. The predicted molar refractivity (Wildman–Crippen MR) is 53.5 cm³/mol. The predicted octanol–water partition coefficient (Wildman–Crippen LogP) is 1.86. The summed E-state index contributed by atoms with van der Waals surface area (Å²) in [6.07, 6.45) is 5.89. The molecule has 0 aromatic rings. The van der Waals surface area contributed by atoms with Crippen molar-refractivity contribution in [3.63, 3.8) is 0 Å². The van der Waals surface area contributed by atoms with Crippen LogP contribution in [0.5, 0.6) is 0 Å². The second-order valence-electron chi connectivity index (χ2n) is 3.96. The van der Waals surface area contributed by atoms with Gasteiger partial charge in [0.25, 0.3) is 0 Å². The number of nitrogens with two attached hydrogens (primary N) is 1. The van der Waals surface area contributed by atoms with Gasteiger partial charge in [0.1, 0.15) is 0 Å². The number of carbonyl (C=O) groups is 1. The van der Waals surface area contributed by atoms with E-state index in [1.165, 1.54) is 25.7 Å². The zero-order valence-electron chi connectivity index (χ0n) is 8.62. The Labute approximate surface area is 80.3 Å². The molecule has 13 heavy (non-hydrogen) atoms. The van der Waals surface area contributed by atoms with E-state index in [0.717, 1.165) is 11.8 Å². The van der Waals surface area contributed by atoms with E-state index in [1.807, 2.05) is 0 Å². The molecule has 3 N–H and O–H groups in total. The first-order valence-corrected chi connectivity index (χ1v) is 4.98. The Morgan fingerprint density at radius 2 is 1.46 bits per heavy atom.